The van der Waals surface area contributed by atoms with Gasteiger partial charge in [0, 0.05) is 25.1 Å². The van der Waals surface area contributed by atoms with Gasteiger partial charge < -0.3 is 11.1 Å². The first-order valence-corrected chi connectivity index (χ1v) is 8.93. The van der Waals surface area contributed by atoms with Crippen LogP contribution >= 0.6 is 55.8 Å². The Morgan fingerprint density at radius 3 is 2.60 bits per heavy atom. The Morgan fingerprint density at radius 2 is 1.95 bits per heavy atom. The van der Waals surface area contributed by atoms with Crippen LogP contribution in [0.5, 0.6) is 0 Å². The minimum atomic E-state index is 0.392. The van der Waals surface area contributed by atoms with Crippen LogP contribution in [0.25, 0.3) is 0 Å². The fraction of sp³-hybridized carbons (Fsp3) is 0.0714. The maximum Gasteiger partial charge on any atom is 0.107 e. The Hall–Kier alpha value is -0.560. The van der Waals surface area contributed by atoms with Crippen LogP contribution in [0.15, 0.2) is 50.2 Å². The summed E-state index contributed by atoms with van der Waals surface area (Å²) >= 11 is 13.8. The van der Waals surface area contributed by atoms with E-state index in [-0.39, 0.29) is 0 Å². The molecule has 6 heteroatoms. The van der Waals surface area contributed by atoms with Gasteiger partial charge in [-0.05, 0) is 52.5 Å². The maximum atomic E-state index is 5.87. The Kier molecular flexibility index (Phi) is 5.49. The highest BCUT2D eigenvalue weighted by atomic mass is 79.9. The number of anilines is 2. The predicted octanol–water partition coefficient (Wildman–Crippen LogP) is 5.31. The zero-order valence-electron chi connectivity index (χ0n) is 10.6. The molecule has 0 heterocycles. The molecule has 2 aromatic carbocycles. The third kappa shape index (κ3) is 3.55. The molecule has 0 fully saturated rings. The van der Waals surface area contributed by atoms with Gasteiger partial charge in [-0.3, -0.25) is 0 Å². The average Bonchev–Trinajstić information content (AvgIpc) is 2.42. The molecular weight excluding hydrogens is 420 g/mol. The molecule has 0 radical (unpaired) electrons. The molecule has 0 aliphatic carbocycles. The fourth-order valence-electron chi connectivity index (χ4n) is 1.80. The smallest absolute Gasteiger partial charge is 0.107 e. The third-order valence-corrected chi connectivity index (χ3v) is 4.86. The van der Waals surface area contributed by atoms with Crippen LogP contribution in [0.3, 0.4) is 0 Å². The number of hydrogen-bond acceptors (Lipinski definition) is 3. The minimum Gasteiger partial charge on any atom is -0.389 e. The van der Waals surface area contributed by atoms with Crippen molar-refractivity contribution in [1.82, 2.24) is 0 Å². The Bertz CT molecular complexity index is 660. The summed E-state index contributed by atoms with van der Waals surface area (Å²) in [7, 11) is 0. The lowest BCUT2D eigenvalue weighted by molar-refractivity contribution is 1.39. The summed E-state index contributed by atoms with van der Waals surface area (Å²) in [6, 6.07) is 11.9. The molecule has 0 unspecified atom stereocenters. The molecule has 0 spiro atoms. The SMILES string of the molecule is CSc1cccc(Nc2cc(Br)ccc2Br)c1C(N)=S. The molecule has 0 saturated carbocycles. The molecular formula is C14H12Br2N2S2. The molecule has 0 bridgehead atoms. The van der Waals surface area contributed by atoms with Crippen LogP contribution < -0.4 is 11.1 Å². The average molecular weight is 432 g/mol. The van der Waals surface area contributed by atoms with Gasteiger partial charge in [-0.25, -0.2) is 0 Å². The number of rotatable bonds is 4. The number of halogens is 2. The quantitative estimate of drug-likeness (QED) is 0.508. The lowest BCUT2D eigenvalue weighted by Gasteiger charge is -2.15. The van der Waals surface area contributed by atoms with Crippen molar-refractivity contribution >= 4 is 72.2 Å². The van der Waals surface area contributed by atoms with Gasteiger partial charge in [-0.15, -0.1) is 11.8 Å². The van der Waals surface area contributed by atoms with Crippen LogP contribution in [0.1, 0.15) is 5.56 Å². The summed E-state index contributed by atoms with van der Waals surface area (Å²) in [6.45, 7) is 0. The highest BCUT2D eigenvalue weighted by Gasteiger charge is 2.12. The second-order valence-corrected chi connectivity index (χ2v) is 7.05. The van der Waals surface area contributed by atoms with Gasteiger partial charge in [0.25, 0.3) is 0 Å². The lowest BCUT2D eigenvalue weighted by atomic mass is 10.1. The number of nitrogens with one attached hydrogen (secondary N) is 1. The second kappa shape index (κ2) is 6.93. The molecule has 0 atom stereocenters. The molecule has 0 amide bonds. The van der Waals surface area contributed by atoms with Crippen LogP contribution in [-0.2, 0) is 0 Å². The van der Waals surface area contributed by atoms with E-state index in [1.807, 2.05) is 42.7 Å². The van der Waals surface area contributed by atoms with Crippen molar-refractivity contribution in [2.45, 2.75) is 4.90 Å². The molecule has 0 aromatic heterocycles. The van der Waals surface area contributed by atoms with Crippen molar-refractivity contribution in [2.24, 2.45) is 5.73 Å². The zero-order chi connectivity index (χ0) is 14.7. The topological polar surface area (TPSA) is 38.0 Å². The van der Waals surface area contributed by atoms with Crippen LogP contribution in [0.2, 0.25) is 0 Å². The van der Waals surface area contributed by atoms with Gasteiger partial charge in [0.05, 0.1) is 5.69 Å². The van der Waals surface area contributed by atoms with Crippen LogP contribution in [0, 0.1) is 0 Å². The number of thioether (sulfide) groups is 1. The van der Waals surface area contributed by atoms with Crippen LogP contribution in [0.4, 0.5) is 11.4 Å². The van der Waals surface area contributed by atoms with E-state index in [2.05, 4.69) is 37.2 Å². The van der Waals surface area contributed by atoms with E-state index in [0.717, 1.165) is 30.8 Å². The summed E-state index contributed by atoms with van der Waals surface area (Å²) in [4.78, 5) is 1.46. The number of benzene rings is 2. The highest BCUT2D eigenvalue weighted by molar-refractivity contribution is 9.11. The monoisotopic (exact) mass is 430 g/mol. The molecule has 3 N–H and O–H groups in total. The van der Waals surface area contributed by atoms with Gasteiger partial charge >= 0.3 is 0 Å². The third-order valence-electron chi connectivity index (χ3n) is 2.69. The van der Waals surface area contributed by atoms with E-state index in [9.17, 15) is 0 Å². The van der Waals surface area contributed by atoms with Crippen molar-refractivity contribution in [3.63, 3.8) is 0 Å². The number of thiocarbonyl (C=S) groups is 1. The molecule has 2 nitrogen and oxygen atoms in total. The molecule has 0 aliphatic heterocycles. The van der Waals surface area contributed by atoms with Crippen molar-refractivity contribution in [1.29, 1.82) is 0 Å². The first kappa shape index (κ1) is 15.8. The summed E-state index contributed by atoms with van der Waals surface area (Å²) in [6.07, 6.45) is 2.01. The molecule has 2 aromatic rings. The van der Waals surface area contributed by atoms with Gasteiger partial charge in [0.2, 0.25) is 0 Å². The fourth-order valence-corrected chi connectivity index (χ4v) is 3.43. The van der Waals surface area contributed by atoms with E-state index < -0.39 is 0 Å². The first-order chi connectivity index (χ1) is 9.52. The van der Waals surface area contributed by atoms with E-state index in [1.54, 1.807) is 11.8 Å². The molecule has 0 saturated heterocycles. The van der Waals surface area contributed by atoms with Gasteiger partial charge in [-0.2, -0.15) is 0 Å². The Morgan fingerprint density at radius 1 is 1.20 bits per heavy atom. The standard InChI is InChI=1S/C14H12Br2N2S2/c1-20-12-4-2-3-10(13(12)14(17)19)18-11-7-8(15)5-6-9(11)16/h2-7,18H,1H3,(H2,17,19). The Labute approximate surface area is 144 Å². The van der Waals surface area contributed by atoms with Crippen molar-refractivity contribution in [3.05, 3.63) is 50.9 Å². The van der Waals surface area contributed by atoms with E-state index in [1.165, 1.54) is 0 Å². The second-order valence-electron chi connectivity index (χ2n) is 4.00. The van der Waals surface area contributed by atoms with Crippen molar-refractivity contribution in [3.8, 4) is 0 Å². The molecule has 2 rings (SSSR count). The van der Waals surface area contributed by atoms with E-state index >= 15 is 0 Å². The predicted molar refractivity (Wildman–Crippen MR) is 99.2 cm³/mol. The minimum absolute atomic E-state index is 0.392. The lowest BCUT2D eigenvalue weighted by Crippen LogP contribution is -2.13. The van der Waals surface area contributed by atoms with E-state index in [0.29, 0.717) is 4.99 Å². The van der Waals surface area contributed by atoms with Gasteiger partial charge in [-0.1, -0.05) is 34.2 Å². The maximum absolute atomic E-state index is 5.87. The molecule has 20 heavy (non-hydrogen) atoms. The molecule has 0 aliphatic rings. The summed E-state index contributed by atoms with van der Waals surface area (Å²) in [5.74, 6) is 0. The zero-order valence-corrected chi connectivity index (χ0v) is 15.4. The summed E-state index contributed by atoms with van der Waals surface area (Å²) in [5, 5.41) is 3.38. The largest absolute Gasteiger partial charge is 0.389 e. The van der Waals surface area contributed by atoms with Gasteiger partial charge in [0.1, 0.15) is 4.99 Å². The van der Waals surface area contributed by atoms with Crippen molar-refractivity contribution < 1.29 is 0 Å². The number of nitrogens with two attached hydrogens (primary N) is 1. The number of hydrogen-bond donors (Lipinski definition) is 2. The van der Waals surface area contributed by atoms with Crippen molar-refractivity contribution in [2.75, 3.05) is 11.6 Å². The Balaban J connectivity index is 2.48. The molecule has 104 valence electrons. The summed E-state index contributed by atoms with van der Waals surface area (Å²) in [5.41, 5.74) is 8.61. The normalized spacial score (nSPS) is 10.3. The summed E-state index contributed by atoms with van der Waals surface area (Å²) < 4.78 is 1.98. The van der Waals surface area contributed by atoms with Gasteiger partial charge in [0.15, 0.2) is 0 Å². The first-order valence-electron chi connectivity index (χ1n) is 5.72. The van der Waals surface area contributed by atoms with Crippen LogP contribution in [-0.4, -0.2) is 11.2 Å². The van der Waals surface area contributed by atoms with E-state index in [4.69, 9.17) is 18.0 Å². The highest BCUT2D eigenvalue weighted by Crippen LogP contribution is 2.33.